The van der Waals surface area contributed by atoms with Crippen LogP contribution < -0.4 is 5.32 Å². The molecule has 1 fully saturated rings. The van der Waals surface area contributed by atoms with E-state index in [1.165, 1.54) is 20.2 Å². The van der Waals surface area contributed by atoms with Crippen LogP contribution in [-0.2, 0) is 10.8 Å². The van der Waals surface area contributed by atoms with Crippen LogP contribution in [0.3, 0.4) is 0 Å². The lowest BCUT2D eigenvalue weighted by Crippen LogP contribution is -2.46. The van der Waals surface area contributed by atoms with Gasteiger partial charge in [0.25, 0.3) is 5.92 Å². The zero-order chi connectivity index (χ0) is 15.3. The molecular formula is C11H17F3N4OS. The van der Waals surface area contributed by atoms with E-state index in [1.54, 1.807) is 0 Å². The first kappa shape index (κ1) is 16.8. The molecule has 1 saturated carbocycles. The maximum atomic E-state index is 13.5. The second kappa shape index (κ2) is 6.96. The highest BCUT2D eigenvalue weighted by Crippen LogP contribution is 2.34. The summed E-state index contributed by atoms with van der Waals surface area (Å²) in [4.78, 5) is 7.54. The molecule has 2 atom stereocenters. The molecule has 1 N–H and O–H groups in total. The molecule has 9 heteroatoms. The summed E-state index contributed by atoms with van der Waals surface area (Å²) in [5, 5.41) is 4.41. The molecule has 0 aromatic rings. The Morgan fingerprint density at radius 3 is 2.50 bits per heavy atom. The van der Waals surface area contributed by atoms with Gasteiger partial charge in [0.15, 0.2) is 0 Å². The Balaban J connectivity index is 2.87. The van der Waals surface area contributed by atoms with Crippen molar-refractivity contribution in [1.29, 1.82) is 0 Å². The van der Waals surface area contributed by atoms with Gasteiger partial charge in [-0.1, -0.05) is 9.70 Å². The average molecular weight is 310 g/mol. The summed E-state index contributed by atoms with van der Waals surface area (Å²) in [7, 11) is -0.299. The van der Waals surface area contributed by atoms with Crippen LogP contribution in [0.5, 0.6) is 0 Å². The van der Waals surface area contributed by atoms with Crippen molar-refractivity contribution in [3.05, 3.63) is 0 Å². The maximum absolute atomic E-state index is 13.5. The predicted molar refractivity (Wildman–Crippen MR) is 74.8 cm³/mol. The zero-order valence-electron chi connectivity index (χ0n) is 11.5. The first-order valence-corrected chi connectivity index (χ1v) is 7.56. The SMILES string of the molecule is CN=C(NC1CCCC1(F)F)C(C)=NC(=NF)S(C)=O. The lowest BCUT2D eigenvalue weighted by atomic mass is 10.2. The van der Waals surface area contributed by atoms with Gasteiger partial charge in [-0.15, -0.1) is 0 Å². The topological polar surface area (TPSA) is 66.2 Å². The first-order chi connectivity index (χ1) is 9.31. The van der Waals surface area contributed by atoms with E-state index >= 15 is 0 Å². The maximum Gasteiger partial charge on any atom is 0.267 e. The number of nitrogens with zero attached hydrogens (tertiary/aromatic N) is 3. The molecule has 0 aliphatic heterocycles. The number of aliphatic imine (C=N–C) groups is 2. The Hall–Kier alpha value is -1.25. The number of alkyl halides is 2. The Bertz CT molecular complexity index is 476. The largest absolute Gasteiger partial charge is 0.360 e. The van der Waals surface area contributed by atoms with E-state index in [4.69, 9.17) is 0 Å². The molecule has 0 heterocycles. The summed E-state index contributed by atoms with van der Waals surface area (Å²) >= 11 is 0. The molecule has 0 aromatic carbocycles. The first-order valence-electron chi connectivity index (χ1n) is 6.01. The molecule has 2 unspecified atom stereocenters. The molecule has 1 rings (SSSR count). The number of rotatable bonds is 2. The van der Waals surface area contributed by atoms with Crippen molar-refractivity contribution < 1.29 is 17.5 Å². The standard InChI is InChI=1S/C11H17F3N4OS/c1-7(16-10(18-14)20(3)19)9(15-2)17-8-5-4-6-11(8,12)13/h8H,4-6H2,1-3H3,(H,15,17). The zero-order valence-corrected chi connectivity index (χ0v) is 12.3. The normalized spacial score (nSPS) is 25.7. The van der Waals surface area contributed by atoms with Gasteiger partial charge in [-0.2, -0.15) is 0 Å². The van der Waals surface area contributed by atoms with Crippen LogP contribution in [0.4, 0.5) is 13.3 Å². The van der Waals surface area contributed by atoms with Gasteiger partial charge < -0.3 is 5.32 Å². The molecule has 0 amide bonds. The van der Waals surface area contributed by atoms with Crippen molar-refractivity contribution in [3.8, 4) is 0 Å². The van der Waals surface area contributed by atoms with E-state index in [1.807, 2.05) is 0 Å². The van der Waals surface area contributed by atoms with E-state index in [9.17, 15) is 17.5 Å². The van der Waals surface area contributed by atoms with Crippen LogP contribution in [0.1, 0.15) is 26.2 Å². The van der Waals surface area contributed by atoms with E-state index in [-0.39, 0.29) is 18.0 Å². The number of nitrogens with one attached hydrogen (secondary N) is 1. The summed E-state index contributed by atoms with van der Waals surface area (Å²) in [5.74, 6) is -2.69. The summed E-state index contributed by atoms with van der Waals surface area (Å²) in [6, 6.07) is -1.02. The van der Waals surface area contributed by atoms with Gasteiger partial charge in [-0.3, -0.25) is 9.20 Å². The quantitative estimate of drug-likeness (QED) is 0.625. The minimum atomic E-state index is -2.80. The van der Waals surface area contributed by atoms with Gasteiger partial charge >= 0.3 is 0 Å². The molecule has 0 saturated heterocycles. The molecular weight excluding hydrogens is 293 g/mol. The Morgan fingerprint density at radius 2 is 2.10 bits per heavy atom. The molecule has 0 spiro atoms. The van der Waals surface area contributed by atoms with Gasteiger partial charge in [0, 0.05) is 19.7 Å². The minimum Gasteiger partial charge on any atom is -0.360 e. The lowest BCUT2D eigenvalue weighted by molar-refractivity contribution is -0.0122. The third-order valence-electron chi connectivity index (χ3n) is 2.98. The van der Waals surface area contributed by atoms with Gasteiger partial charge in [0.2, 0.25) is 5.17 Å². The van der Waals surface area contributed by atoms with Crippen LogP contribution in [0.15, 0.2) is 15.2 Å². The molecule has 0 bridgehead atoms. The second-order valence-electron chi connectivity index (χ2n) is 4.44. The fourth-order valence-electron chi connectivity index (χ4n) is 1.93. The average Bonchev–Trinajstić information content (AvgIpc) is 2.71. The van der Waals surface area contributed by atoms with Crippen molar-refractivity contribution in [2.24, 2.45) is 15.2 Å². The highest BCUT2D eigenvalue weighted by atomic mass is 32.2. The summed E-state index contributed by atoms with van der Waals surface area (Å²) in [5.41, 5.74) is 0.154. The Morgan fingerprint density at radius 1 is 1.45 bits per heavy atom. The van der Waals surface area contributed by atoms with E-state index in [0.717, 1.165) is 0 Å². The third-order valence-corrected chi connectivity index (χ3v) is 3.66. The molecule has 114 valence electrons. The molecule has 1 aliphatic carbocycles. The van der Waals surface area contributed by atoms with Gasteiger partial charge in [0.1, 0.15) is 5.84 Å². The fourth-order valence-corrected chi connectivity index (χ4v) is 2.29. The molecule has 0 radical (unpaired) electrons. The highest BCUT2D eigenvalue weighted by molar-refractivity contribution is 7.99. The second-order valence-corrected chi connectivity index (χ2v) is 5.71. The van der Waals surface area contributed by atoms with Crippen LogP contribution in [-0.4, -0.2) is 46.2 Å². The number of hydrogen-bond acceptors (Lipinski definition) is 3. The predicted octanol–water partition coefficient (Wildman–Crippen LogP) is 1.87. The van der Waals surface area contributed by atoms with E-state index in [2.05, 4.69) is 20.5 Å². The molecule has 5 nitrogen and oxygen atoms in total. The third kappa shape index (κ3) is 4.12. The van der Waals surface area contributed by atoms with Crippen molar-refractivity contribution in [3.63, 3.8) is 0 Å². The molecule has 0 aromatic heterocycles. The van der Waals surface area contributed by atoms with Gasteiger partial charge in [0.05, 0.1) is 22.6 Å². The highest BCUT2D eigenvalue weighted by Gasteiger charge is 2.44. The van der Waals surface area contributed by atoms with Crippen LogP contribution in [0.25, 0.3) is 0 Å². The Labute approximate surface area is 117 Å². The van der Waals surface area contributed by atoms with E-state index < -0.39 is 27.9 Å². The lowest BCUT2D eigenvalue weighted by Gasteiger charge is -2.22. The van der Waals surface area contributed by atoms with Crippen molar-refractivity contribution in [1.82, 2.24) is 5.32 Å². The Kier molecular flexibility index (Phi) is 5.85. The van der Waals surface area contributed by atoms with Crippen LogP contribution in [0.2, 0.25) is 0 Å². The molecule has 20 heavy (non-hydrogen) atoms. The summed E-state index contributed by atoms with van der Waals surface area (Å²) in [6.07, 6.45) is 1.79. The van der Waals surface area contributed by atoms with Gasteiger partial charge in [-0.25, -0.2) is 13.8 Å². The fraction of sp³-hybridized carbons (Fsp3) is 0.727. The number of amidine groups is 2. The summed E-state index contributed by atoms with van der Waals surface area (Å²) in [6.45, 7) is 1.46. The number of hydrogen-bond donors (Lipinski definition) is 1. The number of halogens is 3. The molecule has 1 aliphatic rings. The van der Waals surface area contributed by atoms with Crippen LogP contribution in [0, 0.1) is 0 Å². The monoisotopic (exact) mass is 310 g/mol. The van der Waals surface area contributed by atoms with Crippen LogP contribution >= 0.6 is 0 Å². The minimum absolute atomic E-state index is 0.114. The summed E-state index contributed by atoms with van der Waals surface area (Å²) < 4.78 is 50.5. The van der Waals surface area contributed by atoms with Crippen molar-refractivity contribution >= 4 is 27.5 Å². The smallest absolute Gasteiger partial charge is 0.267 e. The van der Waals surface area contributed by atoms with E-state index in [0.29, 0.717) is 12.8 Å². The van der Waals surface area contributed by atoms with Crippen molar-refractivity contribution in [2.75, 3.05) is 13.3 Å². The van der Waals surface area contributed by atoms with Gasteiger partial charge in [-0.05, 0) is 19.8 Å². The van der Waals surface area contributed by atoms with Crippen molar-refractivity contribution in [2.45, 2.75) is 38.2 Å².